The Kier molecular flexibility index (Phi) is 3.62. The molecular weight excluding hydrogens is 284 g/mol. The maximum atomic E-state index is 12.1. The van der Waals surface area contributed by atoms with E-state index in [1.807, 2.05) is 37.3 Å². The molecular formula is C15H16N4O3. The summed E-state index contributed by atoms with van der Waals surface area (Å²) in [7, 11) is 1.28. The van der Waals surface area contributed by atoms with Gasteiger partial charge in [0.05, 0.1) is 24.9 Å². The van der Waals surface area contributed by atoms with Gasteiger partial charge in [-0.15, -0.1) is 0 Å². The number of carbonyl (C=O) groups is 2. The van der Waals surface area contributed by atoms with Gasteiger partial charge in [-0.1, -0.05) is 18.2 Å². The van der Waals surface area contributed by atoms with E-state index < -0.39 is 5.97 Å². The number of methoxy groups -OCH3 is 1. The van der Waals surface area contributed by atoms with Gasteiger partial charge >= 0.3 is 5.97 Å². The minimum Gasteiger partial charge on any atom is -0.469 e. The van der Waals surface area contributed by atoms with E-state index >= 15 is 0 Å². The third-order valence-corrected chi connectivity index (χ3v) is 3.65. The van der Waals surface area contributed by atoms with Gasteiger partial charge in [-0.2, -0.15) is 5.10 Å². The molecule has 3 rings (SSSR count). The van der Waals surface area contributed by atoms with Crippen LogP contribution >= 0.6 is 0 Å². The number of aliphatic imine (C=N–C) groups is 1. The number of amides is 1. The second-order valence-corrected chi connectivity index (χ2v) is 5.11. The monoisotopic (exact) mass is 300 g/mol. The first kappa shape index (κ1) is 14.2. The van der Waals surface area contributed by atoms with Crippen molar-refractivity contribution in [2.75, 3.05) is 12.1 Å². The molecule has 0 spiro atoms. The van der Waals surface area contributed by atoms with Crippen molar-refractivity contribution in [3.63, 3.8) is 0 Å². The number of rotatable bonds is 3. The first-order valence-corrected chi connectivity index (χ1v) is 6.94. The zero-order valence-corrected chi connectivity index (χ0v) is 12.3. The number of carbonyl (C=O) groups excluding carboxylic acids is 2. The van der Waals surface area contributed by atoms with E-state index in [4.69, 9.17) is 0 Å². The predicted octanol–water partition coefficient (Wildman–Crippen LogP) is 0.711. The number of fused-ring (bicyclic) bond motifs is 1. The van der Waals surface area contributed by atoms with Crippen molar-refractivity contribution in [1.29, 1.82) is 0 Å². The van der Waals surface area contributed by atoms with Gasteiger partial charge in [0.25, 0.3) is 5.91 Å². The number of anilines is 1. The van der Waals surface area contributed by atoms with Crippen LogP contribution in [0.25, 0.3) is 0 Å². The average molecular weight is 300 g/mol. The Bertz CT molecular complexity index is 669. The summed E-state index contributed by atoms with van der Waals surface area (Å²) in [5.41, 5.74) is 1.84. The summed E-state index contributed by atoms with van der Waals surface area (Å²) >= 11 is 0. The fourth-order valence-electron chi connectivity index (χ4n) is 2.54. The van der Waals surface area contributed by atoms with Crippen molar-refractivity contribution in [2.45, 2.75) is 25.6 Å². The smallest absolute Gasteiger partial charge is 0.311 e. The fourth-order valence-corrected chi connectivity index (χ4v) is 2.54. The molecule has 0 fully saturated rings. The van der Waals surface area contributed by atoms with E-state index in [9.17, 15) is 9.59 Å². The lowest BCUT2D eigenvalue weighted by Gasteiger charge is -2.30. The van der Waals surface area contributed by atoms with E-state index in [0.717, 1.165) is 11.4 Å². The van der Waals surface area contributed by atoms with Gasteiger partial charge in [-0.05, 0) is 19.1 Å². The molecule has 7 heteroatoms. The lowest BCUT2D eigenvalue weighted by atomic mass is 10.1. The average Bonchev–Trinajstić information content (AvgIpc) is 2.85. The van der Waals surface area contributed by atoms with Crippen LogP contribution < -0.4 is 10.3 Å². The molecule has 0 aliphatic carbocycles. The van der Waals surface area contributed by atoms with Gasteiger partial charge in [0.2, 0.25) is 0 Å². The molecule has 7 nitrogen and oxygen atoms in total. The Morgan fingerprint density at radius 3 is 2.77 bits per heavy atom. The number of hydrogen-bond donors (Lipinski definition) is 1. The van der Waals surface area contributed by atoms with Crippen molar-refractivity contribution in [1.82, 2.24) is 5.32 Å². The summed E-state index contributed by atoms with van der Waals surface area (Å²) < 4.78 is 4.59. The highest BCUT2D eigenvalue weighted by atomic mass is 16.5. The Morgan fingerprint density at radius 1 is 1.36 bits per heavy atom. The summed E-state index contributed by atoms with van der Waals surface area (Å²) in [5.74, 6) is -0.850. The highest BCUT2D eigenvalue weighted by Crippen LogP contribution is 2.26. The van der Waals surface area contributed by atoms with Crippen LogP contribution in [0.4, 0.5) is 5.69 Å². The molecule has 0 saturated carbocycles. The minimum atomic E-state index is -0.486. The van der Waals surface area contributed by atoms with Gasteiger partial charge in [-0.25, -0.2) is 5.01 Å². The summed E-state index contributed by atoms with van der Waals surface area (Å²) in [6, 6.07) is 9.27. The number of para-hydroxylation sites is 1. The van der Waals surface area contributed by atoms with E-state index in [2.05, 4.69) is 20.1 Å². The van der Waals surface area contributed by atoms with Crippen molar-refractivity contribution >= 4 is 29.0 Å². The van der Waals surface area contributed by atoms with Crippen LogP contribution in [0, 0.1) is 0 Å². The van der Waals surface area contributed by atoms with Crippen molar-refractivity contribution in [3.8, 4) is 0 Å². The fraction of sp³-hybridized carbons (Fsp3) is 0.333. The van der Waals surface area contributed by atoms with Crippen LogP contribution in [0.15, 0.2) is 40.4 Å². The molecule has 0 radical (unpaired) electrons. The number of hydrogen-bond acceptors (Lipinski definition) is 6. The molecule has 2 aliphatic rings. The van der Waals surface area contributed by atoms with E-state index in [0.29, 0.717) is 0 Å². The van der Waals surface area contributed by atoms with Gasteiger partial charge in [0, 0.05) is 0 Å². The summed E-state index contributed by atoms with van der Waals surface area (Å²) in [5, 5.41) is 9.10. The standard InChI is InChI=1S/C15H16N4O3/c1-9-13-14(19(18-9)10-6-4-3-5-7-10)17-15(21)11(16-13)8-12(20)22-2/h3-7,13-14H,8H2,1-2H3,(H,17,21). The quantitative estimate of drug-likeness (QED) is 0.833. The molecule has 0 bridgehead atoms. The van der Waals surface area contributed by atoms with Crippen molar-refractivity contribution in [2.24, 2.45) is 10.1 Å². The molecule has 2 aliphatic heterocycles. The Morgan fingerprint density at radius 2 is 2.09 bits per heavy atom. The number of esters is 1. The summed E-state index contributed by atoms with van der Waals surface area (Å²) in [4.78, 5) is 27.9. The van der Waals surface area contributed by atoms with E-state index in [-0.39, 0.29) is 30.2 Å². The van der Waals surface area contributed by atoms with Crippen LogP contribution in [0.1, 0.15) is 13.3 Å². The van der Waals surface area contributed by atoms with E-state index in [1.165, 1.54) is 7.11 Å². The topological polar surface area (TPSA) is 83.4 Å². The second-order valence-electron chi connectivity index (χ2n) is 5.11. The van der Waals surface area contributed by atoms with Crippen molar-refractivity contribution in [3.05, 3.63) is 30.3 Å². The number of hydrazone groups is 1. The molecule has 1 amide bonds. The second kappa shape index (κ2) is 5.59. The van der Waals surface area contributed by atoms with E-state index in [1.54, 1.807) is 5.01 Å². The summed E-state index contributed by atoms with van der Waals surface area (Å²) in [6.45, 7) is 1.86. The predicted molar refractivity (Wildman–Crippen MR) is 81.8 cm³/mol. The zero-order chi connectivity index (χ0) is 15.7. The molecule has 0 saturated heterocycles. The lowest BCUT2D eigenvalue weighted by molar-refractivity contribution is -0.139. The van der Waals surface area contributed by atoms with Crippen LogP contribution in [0.3, 0.4) is 0 Å². The summed E-state index contributed by atoms with van der Waals surface area (Å²) in [6.07, 6.45) is -0.499. The normalized spacial score (nSPS) is 23.4. The molecule has 0 aromatic heterocycles. The van der Waals surface area contributed by atoms with Crippen LogP contribution in [0.2, 0.25) is 0 Å². The van der Waals surface area contributed by atoms with Gasteiger partial charge in [0.15, 0.2) is 6.17 Å². The van der Waals surface area contributed by atoms with Crippen LogP contribution in [-0.4, -0.2) is 42.6 Å². The lowest BCUT2D eigenvalue weighted by Crippen LogP contribution is -2.56. The number of nitrogens with one attached hydrogen (secondary N) is 1. The maximum absolute atomic E-state index is 12.1. The van der Waals surface area contributed by atoms with Crippen LogP contribution in [-0.2, 0) is 14.3 Å². The molecule has 1 aromatic carbocycles. The molecule has 114 valence electrons. The Labute approximate surface area is 127 Å². The van der Waals surface area contributed by atoms with Gasteiger partial charge in [0.1, 0.15) is 11.8 Å². The largest absolute Gasteiger partial charge is 0.469 e. The number of ether oxygens (including phenoxy) is 1. The Balaban J connectivity index is 1.88. The molecule has 1 N–H and O–H groups in total. The third kappa shape index (κ3) is 2.45. The highest BCUT2D eigenvalue weighted by molar-refractivity contribution is 6.42. The number of benzene rings is 1. The Hall–Kier alpha value is -2.70. The zero-order valence-electron chi connectivity index (χ0n) is 12.3. The molecule has 2 heterocycles. The molecule has 2 atom stereocenters. The minimum absolute atomic E-state index is 0.135. The molecule has 1 aromatic rings. The van der Waals surface area contributed by atoms with Gasteiger partial charge in [-0.3, -0.25) is 14.6 Å². The highest BCUT2D eigenvalue weighted by Gasteiger charge is 2.41. The molecule has 22 heavy (non-hydrogen) atoms. The number of nitrogens with zero attached hydrogens (tertiary/aromatic N) is 3. The van der Waals surface area contributed by atoms with Crippen molar-refractivity contribution < 1.29 is 14.3 Å². The van der Waals surface area contributed by atoms with Gasteiger partial charge < -0.3 is 10.1 Å². The first-order valence-electron chi connectivity index (χ1n) is 6.94. The first-order chi connectivity index (χ1) is 10.6. The maximum Gasteiger partial charge on any atom is 0.311 e. The third-order valence-electron chi connectivity index (χ3n) is 3.65. The SMILES string of the molecule is COC(=O)CC1=NC2C(C)=NN(c3ccccc3)C2NC1=O. The van der Waals surface area contributed by atoms with Crippen LogP contribution in [0.5, 0.6) is 0 Å². The molecule has 2 unspecified atom stereocenters.